The van der Waals surface area contributed by atoms with E-state index in [0.717, 1.165) is 19.8 Å². The van der Waals surface area contributed by atoms with Gasteiger partial charge in [-0.25, -0.2) is 0 Å². The Bertz CT molecular complexity index is 302. The van der Waals surface area contributed by atoms with Gasteiger partial charge in [-0.15, -0.1) is 0 Å². The Morgan fingerprint density at radius 3 is 2.25 bits per heavy atom. The molecule has 0 spiro atoms. The maximum absolute atomic E-state index is 5.52. The second-order valence-electron chi connectivity index (χ2n) is 4.19. The van der Waals surface area contributed by atoms with Crippen molar-refractivity contribution < 1.29 is 4.74 Å². The number of likely N-dealkylation sites (N-methyl/N-ethyl adjacent to an activating group) is 1. The van der Waals surface area contributed by atoms with Crippen LogP contribution < -0.4 is 5.32 Å². The summed E-state index contributed by atoms with van der Waals surface area (Å²) in [5, 5.41) is 3.46. The van der Waals surface area contributed by atoms with Crippen LogP contribution in [0.3, 0.4) is 0 Å². The largest absolute Gasteiger partial charge is 0.380 e. The molecule has 0 aliphatic rings. The summed E-state index contributed by atoms with van der Waals surface area (Å²) in [7, 11) is 0. The van der Waals surface area contributed by atoms with Gasteiger partial charge in [0.15, 0.2) is 0 Å². The monoisotopic (exact) mass is 221 g/mol. The first-order valence-electron chi connectivity index (χ1n) is 6.06. The molecule has 2 heteroatoms. The summed E-state index contributed by atoms with van der Waals surface area (Å²) in [5.41, 5.74) is 3.96. The number of benzene rings is 1. The summed E-state index contributed by atoms with van der Waals surface area (Å²) in [5.74, 6) is 0. The molecule has 0 aliphatic carbocycles. The highest BCUT2D eigenvalue weighted by atomic mass is 16.5. The molecule has 1 aromatic rings. The van der Waals surface area contributed by atoms with Gasteiger partial charge in [0.05, 0.1) is 12.6 Å². The summed E-state index contributed by atoms with van der Waals surface area (Å²) in [6, 6.07) is 6.98. The molecule has 1 rings (SSSR count). The number of hydrogen-bond donors (Lipinski definition) is 1. The number of rotatable bonds is 6. The average Bonchev–Trinajstić information content (AvgIpc) is 2.22. The Hall–Kier alpha value is -0.860. The Labute approximate surface area is 99.0 Å². The Kier molecular flexibility index (Phi) is 5.50. The minimum atomic E-state index is 0.309. The maximum atomic E-state index is 5.52. The Morgan fingerprint density at radius 2 is 1.75 bits per heavy atom. The number of aryl methyl sites for hydroxylation is 2. The molecule has 0 saturated carbocycles. The average molecular weight is 221 g/mol. The normalized spacial score (nSPS) is 12.8. The molecule has 0 aliphatic heterocycles. The van der Waals surface area contributed by atoms with Crippen LogP contribution in [0.1, 0.15) is 36.6 Å². The molecule has 0 amide bonds. The van der Waals surface area contributed by atoms with Gasteiger partial charge in [-0.1, -0.05) is 36.2 Å². The number of hydrogen-bond acceptors (Lipinski definition) is 2. The van der Waals surface area contributed by atoms with Crippen molar-refractivity contribution in [1.82, 2.24) is 5.32 Å². The van der Waals surface area contributed by atoms with Gasteiger partial charge in [0.2, 0.25) is 0 Å². The summed E-state index contributed by atoms with van der Waals surface area (Å²) in [4.78, 5) is 0. The van der Waals surface area contributed by atoms with Crippen LogP contribution in [0, 0.1) is 13.8 Å². The zero-order valence-corrected chi connectivity index (χ0v) is 10.8. The van der Waals surface area contributed by atoms with E-state index in [2.05, 4.69) is 44.3 Å². The van der Waals surface area contributed by atoms with Crippen molar-refractivity contribution in [3.63, 3.8) is 0 Å². The van der Waals surface area contributed by atoms with Crippen molar-refractivity contribution in [3.8, 4) is 0 Å². The van der Waals surface area contributed by atoms with Crippen molar-refractivity contribution in [2.75, 3.05) is 19.8 Å². The highest BCUT2D eigenvalue weighted by molar-refractivity contribution is 5.30. The fourth-order valence-electron chi connectivity index (χ4n) is 1.97. The quantitative estimate of drug-likeness (QED) is 0.797. The molecule has 16 heavy (non-hydrogen) atoms. The third-order valence-corrected chi connectivity index (χ3v) is 2.59. The van der Waals surface area contributed by atoms with Gasteiger partial charge in [0.1, 0.15) is 0 Å². The van der Waals surface area contributed by atoms with Crippen LogP contribution in [0.5, 0.6) is 0 Å². The van der Waals surface area contributed by atoms with E-state index in [1.54, 1.807) is 0 Å². The molecule has 0 aromatic heterocycles. The molecule has 90 valence electrons. The van der Waals surface area contributed by atoms with E-state index in [4.69, 9.17) is 4.74 Å². The molecular weight excluding hydrogens is 198 g/mol. The van der Waals surface area contributed by atoms with Crippen LogP contribution in [0.2, 0.25) is 0 Å². The Balaban J connectivity index is 2.82. The van der Waals surface area contributed by atoms with Gasteiger partial charge in [-0.2, -0.15) is 0 Å². The molecule has 0 saturated heterocycles. The summed E-state index contributed by atoms with van der Waals surface area (Å²) >= 11 is 0. The first-order chi connectivity index (χ1) is 7.67. The molecule has 0 radical (unpaired) electrons. The highest BCUT2D eigenvalue weighted by Gasteiger charge is 2.10. The predicted molar refractivity (Wildman–Crippen MR) is 68.8 cm³/mol. The highest BCUT2D eigenvalue weighted by Crippen LogP contribution is 2.17. The topological polar surface area (TPSA) is 21.3 Å². The fourth-order valence-corrected chi connectivity index (χ4v) is 1.97. The third kappa shape index (κ3) is 3.95. The molecule has 2 nitrogen and oxygen atoms in total. The molecule has 0 heterocycles. The lowest BCUT2D eigenvalue weighted by molar-refractivity contribution is 0.123. The number of ether oxygens (including phenoxy) is 1. The molecule has 1 atom stereocenters. The molecule has 0 bridgehead atoms. The van der Waals surface area contributed by atoms with Gasteiger partial charge in [-0.3, -0.25) is 0 Å². The lowest BCUT2D eigenvalue weighted by Gasteiger charge is -2.19. The second-order valence-corrected chi connectivity index (χ2v) is 4.19. The van der Waals surface area contributed by atoms with Crippen molar-refractivity contribution in [2.24, 2.45) is 0 Å². The minimum Gasteiger partial charge on any atom is -0.380 e. The van der Waals surface area contributed by atoms with Gasteiger partial charge >= 0.3 is 0 Å². The molecule has 1 aromatic carbocycles. The molecule has 1 N–H and O–H groups in total. The van der Waals surface area contributed by atoms with E-state index >= 15 is 0 Å². The zero-order chi connectivity index (χ0) is 12.0. The summed E-state index contributed by atoms with van der Waals surface area (Å²) < 4.78 is 5.52. The van der Waals surface area contributed by atoms with Gasteiger partial charge in [0.25, 0.3) is 0 Å². The van der Waals surface area contributed by atoms with E-state index in [0.29, 0.717) is 6.04 Å². The van der Waals surface area contributed by atoms with E-state index in [-0.39, 0.29) is 0 Å². The van der Waals surface area contributed by atoms with Crippen LogP contribution in [-0.2, 0) is 4.74 Å². The van der Waals surface area contributed by atoms with Crippen LogP contribution in [0.25, 0.3) is 0 Å². The first-order valence-corrected chi connectivity index (χ1v) is 6.06. The lowest BCUT2D eigenvalue weighted by atomic mass is 10.0. The van der Waals surface area contributed by atoms with E-state index in [1.807, 2.05) is 6.92 Å². The van der Waals surface area contributed by atoms with Crippen LogP contribution in [-0.4, -0.2) is 19.8 Å². The van der Waals surface area contributed by atoms with Crippen molar-refractivity contribution in [2.45, 2.75) is 33.7 Å². The van der Waals surface area contributed by atoms with Gasteiger partial charge < -0.3 is 10.1 Å². The fraction of sp³-hybridized carbons (Fsp3) is 0.571. The van der Waals surface area contributed by atoms with Crippen LogP contribution >= 0.6 is 0 Å². The maximum Gasteiger partial charge on any atom is 0.0661 e. The van der Waals surface area contributed by atoms with E-state index in [9.17, 15) is 0 Å². The lowest BCUT2D eigenvalue weighted by Crippen LogP contribution is -2.25. The first kappa shape index (κ1) is 13.2. The minimum absolute atomic E-state index is 0.309. The smallest absolute Gasteiger partial charge is 0.0661 e. The molecule has 1 unspecified atom stereocenters. The Morgan fingerprint density at radius 1 is 1.12 bits per heavy atom. The summed E-state index contributed by atoms with van der Waals surface area (Å²) in [6.07, 6.45) is 0. The van der Waals surface area contributed by atoms with Crippen molar-refractivity contribution >= 4 is 0 Å². The van der Waals surface area contributed by atoms with Crippen molar-refractivity contribution in [3.05, 3.63) is 34.9 Å². The predicted octanol–water partition coefficient (Wildman–Crippen LogP) is 2.99. The standard InChI is InChI=1S/C14H23NO/c1-5-15-14(10-16-6-2)13-8-11(3)7-12(4)9-13/h7-9,14-15H,5-6,10H2,1-4H3. The van der Waals surface area contributed by atoms with Crippen LogP contribution in [0.15, 0.2) is 18.2 Å². The van der Waals surface area contributed by atoms with Crippen LogP contribution in [0.4, 0.5) is 0 Å². The summed E-state index contributed by atoms with van der Waals surface area (Å²) in [6.45, 7) is 10.9. The SMILES string of the molecule is CCNC(COCC)c1cc(C)cc(C)c1. The third-order valence-electron chi connectivity index (χ3n) is 2.59. The van der Waals surface area contributed by atoms with E-state index < -0.39 is 0 Å². The molecular formula is C14H23NO. The van der Waals surface area contributed by atoms with Gasteiger partial charge in [0, 0.05) is 6.61 Å². The van der Waals surface area contributed by atoms with Gasteiger partial charge in [-0.05, 0) is 32.9 Å². The van der Waals surface area contributed by atoms with E-state index in [1.165, 1.54) is 16.7 Å². The van der Waals surface area contributed by atoms with Crippen molar-refractivity contribution in [1.29, 1.82) is 0 Å². The second kappa shape index (κ2) is 6.66. The molecule has 0 fully saturated rings. The number of nitrogens with one attached hydrogen (secondary N) is 1. The zero-order valence-electron chi connectivity index (χ0n) is 10.8.